The quantitative estimate of drug-likeness (QED) is 0.443. The lowest BCUT2D eigenvalue weighted by Crippen LogP contribution is -2.33. The summed E-state index contributed by atoms with van der Waals surface area (Å²) in [5, 5.41) is 12.0. The van der Waals surface area contributed by atoms with Crippen molar-refractivity contribution in [2.75, 3.05) is 27.9 Å². The molecule has 1 aromatic carbocycles. The third kappa shape index (κ3) is 5.22. The first-order chi connectivity index (χ1) is 16.1. The van der Waals surface area contributed by atoms with Crippen LogP contribution in [-0.4, -0.2) is 33.4 Å². The Morgan fingerprint density at radius 1 is 1.09 bits per heavy atom. The average Bonchev–Trinajstić information content (AvgIpc) is 2.85. The first-order valence-electron chi connectivity index (χ1n) is 10.8. The van der Waals surface area contributed by atoms with Crippen LogP contribution in [0, 0.1) is 19.3 Å². The summed E-state index contributed by atoms with van der Waals surface area (Å²) < 4.78 is 5.76. The summed E-state index contributed by atoms with van der Waals surface area (Å²) in [5.74, 6) is 2.00. The van der Waals surface area contributed by atoms with E-state index in [0.717, 1.165) is 16.8 Å². The van der Waals surface area contributed by atoms with E-state index < -0.39 is 5.41 Å². The Kier molecular flexibility index (Phi) is 6.06. The second-order valence-corrected chi connectivity index (χ2v) is 8.91. The molecule has 3 heterocycles. The van der Waals surface area contributed by atoms with Crippen molar-refractivity contribution in [2.45, 2.75) is 34.6 Å². The lowest BCUT2D eigenvalue weighted by Gasteiger charge is -2.18. The van der Waals surface area contributed by atoms with Gasteiger partial charge in [-0.25, -0.2) is 9.97 Å². The summed E-state index contributed by atoms with van der Waals surface area (Å²) in [7, 11) is 0. The number of hydrogen-bond donors (Lipinski definition) is 4. The summed E-state index contributed by atoms with van der Waals surface area (Å²) >= 11 is 0. The van der Waals surface area contributed by atoms with Crippen molar-refractivity contribution >= 4 is 46.6 Å². The van der Waals surface area contributed by atoms with Crippen LogP contribution in [-0.2, 0) is 9.59 Å². The minimum Gasteiger partial charge on any atom is -0.489 e. The van der Waals surface area contributed by atoms with Gasteiger partial charge in [0.25, 0.3) is 0 Å². The van der Waals surface area contributed by atoms with Gasteiger partial charge in [-0.15, -0.1) is 0 Å². The van der Waals surface area contributed by atoms with Gasteiger partial charge in [0, 0.05) is 30.1 Å². The van der Waals surface area contributed by atoms with Crippen molar-refractivity contribution < 1.29 is 14.3 Å². The van der Waals surface area contributed by atoms with Crippen LogP contribution in [0.1, 0.15) is 31.9 Å². The molecule has 176 valence electrons. The molecule has 0 aliphatic carbocycles. The molecule has 0 unspecified atom stereocenters. The topological polar surface area (TPSA) is 130 Å². The number of pyridine rings is 1. The highest BCUT2D eigenvalue weighted by molar-refractivity contribution is 5.96. The zero-order chi connectivity index (χ0) is 24.5. The number of nitrogens with one attached hydrogen (secondary N) is 4. The maximum Gasteiger partial charge on any atom is 0.234 e. The van der Waals surface area contributed by atoms with Crippen molar-refractivity contribution in [3.63, 3.8) is 0 Å². The van der Waals surface area contributed by atoms with Gasteiger partial charge < -0.3 is 26.0 Å². The molecular weight excluding hydrogens is 434 g/mol. The molecule has 0 fully saturated rings. The molecule has 3 aromatic rings. The standard InChI is InChI=1S/C24H27N7O3/c1-13-8-16(26-15(3)32)10-17(9-13)27-23-25-11-14(2)20(31-23)28-19-7-6-18-21(29-19)30-22(33)24(4,5)12-34-18/h6-11H,12H2,1-5H3,(H,26,32)(H3,25,27,28,29,30,31,33). The van der Waals surface area contributed by atoms with Crippen LogP contribution in [0.15, 0.2) is 36.5 Å². The highest BCUT2D eigenvalue weighted by Gasteiger charge is 2.33. The van der Waals surface area contributed by atoms with Gasteiger partial charge in [0.15, 0.2) is 11.6 Å². The minimum atomic E-state index is -0.659. The molecule has 10 heteroatoms. The van der Waals surface area contributed by atoms with Gasteiger partial charge in [0.1, 0.15) is 18.2 Å². The van der Waals surface area contributed by atoms with Crippen LogP contribution in [0.2, 0.25) is 0 Å². The van der Waals surface area contributed by atoms with Crippen LogP contribution in [0.4, 0.5) is 34.8 Å². The molecule has 0 spiro atoms. The molecule has 4 rings (SSSR count). The molecule has 0 bridgehead atoms. The Labute approximate surface area is 197 Å². The molecular formula is C24H27N7O3. The van der Waals surface area contributed by atoms with Crippen molar-refractivity contribution in [2.24, 2.45) is 5.41 Å². The fraction of sp³-hybridized carbons (Fsp3) is 0.292. The first kappa shape index (κ1) is 23.0. The van der Waals surface area contributed by atoms with Gasteiger partial charge in [0.05, 0.1) is 5.41 Å². The van der Waals surface area contributed by atoms with E-state index in [0.29, 0.717) is 34.8 Å². The number of anilines is 6. The van der Waals surface area contributed by atoms with Crippen molar-refractivity contribution in [1.82, 2.24) is 15.0 Å². The first-order valence-corrected chi connectivity index (χ1v) is 10.8. The number of fused-ring (bicyclic) bond motifs is 1. The second-order valence-electron chi connectivity index (χ2n) is 8.91. The second kappa shape index (κ2) is 8.97. The maximum absolute atomic E-state index is 12.4. The van der Waals surface area contributed by atoms with Gasteiger partial charge >= 0.3 is 0 Å². The van der Waals surface area contributed by atoms with Crippen molar-refractivity contribution in [3.8, 4) is 5.75 Å². The zero-order valence-electron chi connectivity index (χ0n) is 19.7. The van der Waals surface area contributed by atoms with E-state index in [1.54, 1.807) is 18.3 Å². The van der Waals surface area contributed by atoms with Crippen LogP contribution in [0.5, 0.6) is 5.75 Å². The summed E-state index contributed by atoms with van der Waals surface area (Å²) in [4.78, 5) is 37.3. The third-order valence-electron chi connectivity index (χ3n) is 5.17. The number of aryl methyl sites for hydroxylation is 2. The van der Waals surface area contributed by atoms with Crippen LogP contribution in [0.3, 0.4) is 0 Å². The molecule has 2 aromatic heterocycles. The average molecular weight is 462 g/mol. The number of carbonyl (C=O) groups excluding carboxylic acids is 2. The van der Waals surface area contributed by atoms with E-state index in [4.69, 9.17) is 4.74 Å². The smallest absolute Gasteiger partial charge is 0.234 e. The zero-order valence-corrected chi connectivity index (χ0v) is 19.7. The fourth-order valence-corrected chi connectivity index (χ4v) is 3.33. The number of hydrogen-bond acceptors (Lipinski definition) is 8. The van der Waals surface area contributed by atoms with Crippen LogP contribution in [0.25, 0.3) is 0 Å². The number of nitrogens with zero attached hydrogens (tertiary/aromatic N) is 3. The molecule has 0 saturated heterocycles. The van der Waals surface area contributed by atoms with E-state index in [1.807, 2.05) is 45.9 Å². The molecule has 4 N–H and O–H groups in total. The van der Waals surface area contributed by atoms with Crippen LogP contribution >= 0.6 is 0 Å². The van der Waals surface area contributed by atoms with Crippen LogP contribution < -0.4 is 26.0 Å². The number of rotatable bonds is 5. The summed E-state index contributed by atoms with van der Waals surface area (Å²) in [6.07, 6.45) is 1.69. The fourth-order valence-electron chi connectivity index (χ4n) is 3.33. The number of amides is 2. The Morgan fingerprint density at radius 2 is 1.85 bits per heavy atom. The molecule has 2 amide bonds. The SMILES string of the molecule is CC(=O)Nc1cc(C)cc(Nc2ncc(C)c(Nc3ccc4c(n3)NC(=O)C(C)(C)CO4)n2)c1. The van der Waals surface area contributed by atoms with Gasteiger partial charge in [0.2, 0.25) is 17.8 Å². The predicted octanol–water partition coefficient (Wildman–Crippen LogP) is 4.29. The van der Waals surface area contributed by atoms with Gasteiger partial charge in [-0.2, -0.15) is 4.98 Å². The minimum absolute atomic E-state index is 0.145. The summed E-state index contributed by atoms with van der Waals surface area (Å²) in [6.45, 7) is 9.19. The number of aromatic nitrogens is 3. The van der Waals surface area contributed by atoms with Gasteiger partial charge in [-0.05, 0) is 63.6 Å². The van der Waals surface area contributed by atoms with E-state index >= 15 is 0 Å². The van der Waals surface area contributed by atoms with Gasteiger partial charge in [-0.1, -0.05) is 0 Å². The Morgan fingerprint density at radius 3 is 2.62 bits per heavy atom. The van der Waals surface area contributed by atoms with E-state index in [9.17, 15) is 9.59 Å². The van der Waals surface area contributed by atoms with E-state index in [-0.39, 0.29) is 18.4 Å². The molecule has 34 heavy (non-hydrogen) atoms. The van der Waals surface area contributed by atoms with E-state index in [2.05, 4.69) is 36.2 Å². The highest BCUT2D eigenvalue weighted by Crippen LogP contribution is 2.32. The summed E-state index contributed by atoms with van der Waals surface area (Å²) in [6, 6.07) is 9.14. The predicted molar refractivity (Wildman–Crippen MR) is 131 cm³/mol. The number of carbonyl (C=O) groups is 2. The molecule has 0 atom stereocenters. The number of benzene rings is 1. The van der Waals surface area contributed by atoms with Crippen molar-refractivity contribution in [3.05, 3.63) is 47.7 Å². The molecule has 1 aliphatic heterocycles. The lowest BCUT2D eigenvalue weighted by molar-refractivity contribution is -0.125. The largest absolute Gasteiger partial charge is 0.489 e. The summed E-state index contributed by atoms with van der Waals surface area (Å²) in [5.41, 5.74) is 2.55. The highest BCUT2D eigenvalue weighted by atomic mass is 16.5. The lowest BCUT2D eigenvalue weighted by atomic mass is 9.94. The molecule has 0 radical (unpaired) electrons. The molecule has 0 saturated carbocycles. The molecule has 10 nitrogen and oxygen atoms in total. The third-order valence-corrected chi connectivity index (χ3v) is 5.17. The Hall–Kier alpha value is -4.21. The molecule has 1 aliphatic rings. The Balaban J connectivity index is 1.56. The van der Waals surface area contributed by atoms with Crippen molar-refractivity contribution in [1.29, 1.82) is 0 Å². The van der Waals surface area contributed by atoms with Gasteiger partial charge in [-0.3, -0.25) is 9.59 Å². The Bertz CT molecular complexity index is 1270. The van der Waals surface area contributed by atoms with E-state index in [1.165, 1.54) is 6.92 Å². The maximum atomic E-state index is 12.4. The normalized spacial score (nSPS) is 14.2. The monoisotopic (exact) mass is 461 g/mol. The number of ether oxygens (including phenoxy) is 1.